The minimum Gasteiger partial charge on any atom is -0.368 e. The molecule has 0 radical (unpaired) electrons. The van der Waals surface area contributed by atoms with E-state index in [2.05, 4.69) is 17.6 Å². The summed E-state index contributed by atoms with van der Waals surface area (Å²) in [4.78, 5) is 50.0. The van der Waals surface area contributed by atoms with Crippen LogP contribution in [-0.4, -0.2) is 40.9 Å². The van der Waals surface area contributed by atoms with Crippen LogP contribution in [0.4, 0.5) is 0 Å². The molecule has 0 spiro atoms. The van der Waals surface area contributed by atoms with E-state index in [0.29, 0.717) is 12.8 Å². The number of amides is 4. The Labute approximate surface area is 227 Å². The fourth-order valence-corrected chi connectivity index (χ4v) is 4.57. The van der Waals surface area contributed by atoms with Crippen LogP contribution in [0.3, 0.4) is 0 Å². The Morgan fingerprint density at radius 1 is 0.868 bits per heavy atom. The normalized spacial score (nSPS) is 13.4. The Bertz CT molecular complexity index is 847. The fraction of sp³-hybridized carbons (Fsp3) is 0.655. The summed E-state index contributed by atoms with van der Waals surface area (Å²) in [6, 6.07) is 7.95. The van der Waals surface area contributed by atoms with Gasteiger partial charge in [0, 0.05) is 31.2 Å². The van der Waals surface area contributed by atoms with E-state index in [1.165, 1.54) is 25.7 Å². The van der Waals surface area contributed by atoms with Crippen molar-refractivity contribution in [3.8, 4) is 0 Å². The monoisotopic (exact) mass is 532 g/mol. The highest BCUT2D eigenvalue weighted by Gasteiger charge is 2.28. The van der Waals surface area contributed by atoms with Crippen molar-refractivity contribution >= 4 is 23.6 Å². The van der Waals surface area contributed by atoms with E-state index in [1.54, 1.807) is 5.48 Å². The maximum atomic E-state index is 13.2. The second-order valence-corrected chi connectivity index (χ2v) is 10.6. The van der Waals surface area contributed by atoms with Gasteiger partial charge in [0.15, 0.2) is 0 Å². The first-order valence-electron chi connectivity index (χ1n) is 14.0. The number of rotatable bonds is 20. The van der Waals surface area contributed by atoms with E-state index in [0.717, 1.165) is 24.8 Å². The quantitative estimate of drug-likeness (QED) is 0.0984. The fourth-order valence-electron chi connectivity index (χ4n) is 4.57. The lowest BCUT2D eigenvalue weighted by Gasteiger charge is -2.23. The predicted molar refractivity (Wildman–Crippen MR) is 148 cm³/mol. The lowest BCUT2D eigenvalue weighted by molar-refractivity contribution is -0.134. The maximum absolute atomic E-state index is 13.2. The SMILES string of the molecule is CCCCCCCCCC(CC(=O)NO)NC(=O)CC(CC(C)C)C(=O)N[C@@H](Cc1ccccc1)C(N)=O. The third kappa shape index (κ3) is 14.7. The van der Waals surface area contributed by atoms with E-state index in [9.17, 15) is 19.2 Å². The van der Waals surface area contributed by atoms with Crippen molar-refractivity contribution in [1.29, 1.82) is 0 Å². The van der Waals surface area contributed by atoms with Crippen LogP contribution in [-0.2, 0) is 25.6 Å². The van der Waals surface area contributed by atoms with E-state index in [1.807, 2.05) is 44.2 Å². The van der Waals surface area contributed by atoms with E-state index < -0.39 is 35.7 Å². The third-order valence-corrected chi connectivity index (χ3v) is 6.58. The molecule has 1 rings (SSSR count). The molecule has 1 aromatic rings. The molecule has 9 heteroatoms. The molecule has 2 unspecified atom stereocenters. The second-order valence-electron chi connectivity index (χ2n) is 10.6. The van der Waals surface area contributed by atoms with Crippen LogP contribution in [0.5, 0.6) is 0 Å². The molecule has 0 aliphatic rings. The van der Waals surface area contributed by atoms with Crippen LogP contribution in [0.15, 0.2) is 30.3 Å². The van der Waals surface area contributed by atoms with Gasteiger partial charge in [-0.25, -0.2) is 5.48 Å². The minimum absolute atomic E-state index is 0.0417. The van der Waals surface area contributed by atoms with E-state index in [-0.39, 0.29) is 31.1 Å². The van der Waals surface area contributed by atoms with Crippen LogP contribution in [0.25, 0.3) is 0 Å². The average molecular weight is 533 g/mol. The highest BCUT2D eigenvalue weighted by Crippen LogP contribution is 2.18. The molecule has 0 aliphatic carbocycles. The number of carbonyl (C=O) groups excluding carboxylic acids is 4. The van der Waals surface area contributed by atoms with Gasteiger partial charge < -0.3 is 16.4 Å². The first kappa shape index (κ1) is 33.1. The molecular weight excluding hydrogens is 484 g/mol. The molecule has 6 N–H and O–H groups in total. The van der Waals surface area contributed by atoms with Crippen molar-refractivity contribution < 1.29 is 24.4 Å². The summed E-state index contributed by atoms with van der Waals surface area (Å²) in [5, 5.41) is 14.6. The van der Waals surface area contributed by atoms with E-state index in [4.69, 9.17) is 10.9 Å². The zero-order valence-corrected chi connectivity index (χ0v) is 23.3. The van der Waals surface area contributed by atoms with Gasteiger partial charge >= 0.3 is 0 Å². The highest BCUT2D eigenvalue weighted by molar-refractivity contribution is 5.90. The summed E-state index contributed by atoms with van der Waals surface area (Å²) in [5.74, 6) is -2.46. The smallest absolute Gasteiger partial charge is 0.245 e. The molecule has 3 atom stereocenters. The number of benzene rings is 1. The number of unbranched alkanes of at least 4 members (excludes halogenated alkanes) is 6. The number of primary amides is 1. The zero-order valence-electron chi connectivity index (χ0n) is 23.3. The number of hydrogen-bond acceptors (Lipinski definition) is 5. The van der Waals surface area contributed by atoms with Crippen LogP contribution in [0.1, 0.15) is 97.0 Å². The van der Waals surface area contributed by atoms with Gasteiger partial charge in [0.1, 0.15) is 6.04 Å². The molecule has 214 valence electrons. The Morgan fingerprint density at radius 3 is 2.08 bits per heavy atom. The van der Waals surface area contributed by atoms with Gasteiger partial charge in [0.05, 0.1) is 0 Å². The summed E-state index contributed by atoms with van der Waals surface area (Å²) >= 11 is 0. The van der Waals surface area contributed by atoms with E-state index >= 15 is 0 Å². The summed E-state index contributed by atoms with van der Waals surface area (Å²) < 4.78 is 0. The minimum atomic E-state index is -0.888. The van der Waals surface area contributed by atoms with Gasteiger partial charge in [0.25, 0.3) is 0 Å². The van der Waals surface area contributed by atoms with Gasteiger partial charge in [0.2, 0.25) is 23.6 Å². The van der Waals surface area contributed by atoms with Crippen LogP contribution >= 0.6 is 0 Å². The highest BCUT2D eigenvalue weighted by atomic mass is 16.5. The molecular formula is C29H48N4O5. The Balaban J connectivity index is 2.76. The molecule has 0 saturated carbocycles. The van der Waals surface area contributed by atoms with Crippen molar-refractivity contribution in [2.24, 2.45) is 17.6 Å². The lowest BCUT2D eigenvalue weighted by Crippen LogP contribution is -2.49. The zero-order chi connectivity index (χ0) is 28.3. The summed E-state index contributed by atoms with van der Waals surface area (Å²) in [6.45, 7) is 6.10. The lowest BCUT2D eigenvalue weighted by atomic mass is 9.92. The van der Waals surface area contributed by atoms with Crippen LogP contribution < -0.4 is 21.8 Å². The first-order valence-corrected chi connectivity index (χ1v) is 14.0. The molecule has 0 aromatic heterocycles. The molecule has 0 saturated heterocycles. The summed E-state index contributed by atoms with van der Waals surface area (Å²) in [6.07, 6.45) is 8.97. The van der Waals surface area contributed by atoms with Gasteiger partial charge in [-0.15, -0.1) is 0 Å². The molecule has 0 aliphatic heterocycles. The van der Waals surface area contributed by atoms with Crippen LogP contribution in [0.2, 0.25) is 0 Å². The van der Waals surface area contributed by atoms with Crippen molar-refractivity contribution in [2.75, 3.05) is 0 Å². The van der Waals surface area contributed by atoms with Gasteiger partial charge in [-0.1, -0.05) is 96.0 Å². The summed E-state index contributed by atoms with van der Waals surface area (Å²) in [5.41, 5.74) is 8.06. The molecule has 9 nitrogen and oxygen atoms in total. The number of hydroxylamine groups is 1. The molecule has 4 amide bonds. The van der Waals surface area contributed by atoms with Crippen LogP contribution in [0, 0.1) is 11.8 Å². The topological polar surface area (TPSA) is 151 Å². The van der Waals surface area contributed by atoms with Crippen molar-refractivity contribution in [3.05, 3.63) is 35.9 Å². The maximum Gasteiger partial charge on any atom is 0.245 e. The molecule has 1 aromatic carbocycles. The Morgan fingerprint density at radius 2 is 1.50 bits per heavy atom. The second kappa shape index (κ2) is 19.2. The largest absolute Gasteiger partial charge is 0.368 e. The first-order chi connectivity index (χ1) is 18.2. The standard InChI is InChI=1S/C29H48N4O5/c1-4-5-6-7-8-9-13-16-24(20-27(35)33-38)31-26(34)19-23(17-21(2)3)29(37)32-25(28(30)36)18-22-14-11-10-12-15-22/h10-12,14-15,21,23-25,38H,4-9,13,16-20H2,1-3H3,(H2,30,36)(H,31,34)(H,32,37)(H,33,35)/t23?,24?,25-/m0/s1. The molecule has 0 bridgehead atoms. The Kier molecular flexibility index (Phi) is 16.7. The van der Waals surface area contributed by atoms with Crippen molar-refractivity contribution in [3.63, 3.8) is 0 Å². The van der Waals surface area contributed by atoms with Gasteiger partial charge in [-0.2, -0.15) is 0 Å². The number of carbonyl (C=O) groups is 4. The van der Waals surface area contributed by atoms with Crippen molar-refractivity contribution in [1.82, 2.24) is 16.1 Å². The number of hydrogen-bond donors (Lipinski definition) is 5. The molecule has 0 fully saturated rings. The predicted octanol–water partition coefficient (Wildman–Crippen LogP) is 3.77. The number of nitrogens with two attached hydrogens (primary N) is 1. The summed E-state index contributed by atoms with van der Waals surface area (Å²) in [7, 11) is 0. The molecule has 38 heavy (non-hydrogen) atoms. The average Bonchev–Trinajstić information content (AvgIpc) is 2.87. The number of nitrogens with one attached hydrogen (secondary N) is 3. The van der Waals surface area contributed by atoms with Gasteiger partial charge in [-0.3, -0.25) is 24.4 Å². The Hall–Kier alpha value is -2.94. The molecule has 0 heterocycles. The van der Waals surface area contributed by atoms with Crippen molar-refractivity contribution in [2.45, 2.75) is 110 Å². The van der Waals surface area contributed by atoms with Gasteiger partial charge in [-0.05, 0) is 24.3 Å². The third-order valence-electron chi connectivity index (χ3n) is 6.58.